The number of rotatable bonds is 10. The number of amides is 2. The summed E-state index contributed by atoms with van der Waals surface area (Å²) in [6.45, 7) is -0.210. The molecule has 4 rings (SSSR count). The van der Waals surface area contributed by atoms with Gasteiger partial charge >= 0.3 is 5.97 Å². The first-order chi connectivity index (χ1) is 16.1. The molecule has 0 aliphatic carbocycles. The summed E-state index contributed by atoms with van der Waals surface area (Å²) >= 11 is 2.25. The quantitative estimate of drug-likeness (QED) is 0.174. The van der Waals surface area contributed by atoms with Crippen molar-refractivity contribution in [2.24, 2.45) is 5.14 Å². The van der Waals surface area contributed by atoms with Crippen LogP contribution in [0.15, 0.2) is 22.8 Å². The molecule has 0 bridgehead atoms. The summed E-state index contributed by atoms with van der Waals surface area (Å²) < 4.78 is 24.3. The Hall–Kier alpha value is -3.10. The number of nitrogens with zero attached hydrogens (tertiary/aromatic N) is 8. The molecule has 0 aromatic carbocycles. The van der Waals surface area contributed by atoms with E-state index >= 15 is 0 Å². The molecule has 20 heteroatoms. The number of hydrogen-bond acceptors (Lipinski definition) is 13. The molecule has 2 unspecified atom stereocenters. The van der Waals surface area contributed by atoms with Crippen molar-refractivity contribution in [3.05, 3.63) is 17.6 Å². The van der Waals surface area contributed by atoms with Crippen LogP contribution in [0.3, 0.4) is 0 Å². The van der Waals surface area contributed by atoms with E-state index in [1.54, 1.807) is 0 Å². The Labute approximate surface area is 199 Å². The van der Waals surface area contributed by atoms with Gasteiger partial charge in [-0.1, -0.05) is 11.8 Å². The number of carboxylic acids is 1. The number of β-lactam (4-membered cyclic amide) rings is 1. The van der Waals surface area contributed by atoms with Crippen molar-refractivity contribution in [1.82, 2.24) is 51.0 Å². The number of tetrazole rings is 2. The maximum Gasteiger partial charge on any atom is 0.352 e. The Morgan fingerprint density at radius 3 is 2.85 bits per heavy atom. The molecule has 2 aliphatic rings. The first kappa shape index (κ1) is 24.0. The zero-order valence-electron chi connectivity index (χ0n) is 17.0. The molecule has 182 valence electrons. The maximum absolute atomic E-state index is 12.8. The molecule has 3 atom stereocenters. The zero-order chi connectivity index (χ0) is 24.5. The van der Waals surface area contributed by atoms with Crippen molar-refractivity contribution in [2.75, 3.05) is 11.5 Å². The molecule has 0 saturated carbocycles. The smallest absolute Gasteiger partial charge is 0.352 e. The molecular formula is C14H17N11O6S3. The Morgan fingerprint density at radius 2 is 2.24 bits per heavy atom. The zero-order valence-corrected chi connectivity index (χ0v) is 19.5. The summed E-state index contributed by atoms with van der Waals surface area (Å²) in [5.74, 6) is -2.74. The minimum atomic E-state index is -3.84. The molecular weight excluding hydrogens is 514 g/mol. The van der Waals surface area contributed by atoms with Crippen LogP contribution in [0.25, 0.3) is 0 Å². The summed E-state index contributed by atoms with van der Waals surface area (Å²) in [5.41, 5.74) is 0.0501. The number of aromatic nitrogens is 8. The van der Waals surface area contributed by atoms with Gasteiger partial charge in [-0.2, -0.15) is 5.21 Å². The third-order valence-electron chi connectivity index (χ3n) is 4.84. The molecule has 1 saturated heterocycles. The van der Waals surface area contributed by atoms with Crippen molar-refractivity contribution >= 4 is 51.3 Å². The Balaban J connectivity index is 1.55. The van der Waals surface area contributed by atoms with E-state index in [2.05, 4.69) is 41.5 Å². The van der Waals surface area contributed by atoms with Crippen molar-refractivity contribution < 1.29 is 27.9 Å². The number of thioether (sulfide) groups is 2. The summed E-state index contributed by atoms with van der Waals surface area (Å²) in [4.78, 5) is 38.4. The van der Waals surface area contributed by atoms with Gasteiger partial charge in [0.15, 0.2) is 0 Å². The van der Waals surface area contributed by atoms with E-state index in [9.17, 15) is 27.9 Å². The number of aromatic amines is 1. The molecule has 2 aromatic rings. The van der Waals surface area contributed by atoms with Gasteiger partial charge in [0.05, 0.1) is 5.75 Å². The molecule has 4 heterocycles. The highest BCUT2D eigenvalue weighted by Gasteiger charge is 2.54. The number of carbonyl (C=O) groups excluding carboxylic acids is 2. The molecule has 2 aliphatic heterocycles. The van der Waals surface area contributed by atoms with Gasteiger partial charge in [0.1, 0.15) is 30.0 Å². The van der Waals surface area contributed by atoms with Gasteiger partial charge < -0.3 is 10.4 Å². The molecule has 2 amide bonds. The molecule has 5 N–H and O–H groups in total. The molecule has 1 fully saturated rings. The number of carboxylic acid groups (broad SMARTS) is 1. The van der Waals surface area contributed by atoms with Crippen LogP contribution < -0.4 is 10.5 Å². The Kier molecular flexibility index (Phi) is 6.81. The third kappa shape index (κ3) is 5.18. The maximum atomic E-state index is 12.8. The van der Waals surface area contributed by atoms with Crippen molar-refractivity contribution in [1.29, 1.82) is 0 Å². The lowest BCUT2D eigenvalue weighted by molar-refractivity contribution is -0.150. The lowest BCUT2D eigenvalue weighted by Crippen LogP contribution is -2.71. The van der Waals surface area contributed by atoms with E-state index in [-0.39, 0.29) is 29.6 Å². The van der Waals surface area contributed by atoms with E-state index in [0.29, 0.717) is 5.57 Å². The molecule has 17 nitrogen and oxygen atoms in total. The van der Waals surface area contributed by atoms with Crippen LogP contribution in [0.1, 0.15) is 6.42 Å². The number of primary sulfonamides is 1. The van der Waals surface area contributed by atoms with Gasteiger partial charge in [0, 0.05) is 11.0 Å². The van der Waals surface area contributed by atoms with Gasteiger partial charge in [-0.15, -0.1) is 27.1 Å². The second kappa shape index (κ2) is 9.64. The van der Waals surface area contributed by atoms with Crippen molar-refractivity contribution in [3.63, 3.8) is 0 Å². The van der Waals surface area contributed by atoms with Crippen LogP contribution in [0.5, 0.6) is 0 Å². The van der Waals surface area contributed by atoms with Crippen LogP contribution in [-0.4, -0.2) is 105 Å². The number of carbonyl (C=O) groups is 3. The molecule has 2 aromatic heterocycles. The normalized spacial score (nSPS) is 21.1. The van der Waals surface area contributed by atoms with Gasteiger partial charge in [0.25, 0.3) is 5.91 Å². The Morgan fingerprint density at radius 1 is 1.44 bits per heavy atom. The number of aliphatic carboxylic acids is 1. The van der Waals surface area contributed by atoms with Gasteiger partial charge in [-0.05, 0) is 27.6 Å². The second-order valence-electron chi connectivity index (χ2n) is 7.10. The average Bonchev–Trinajstić information content (AvgIpc) is 3.47. The third-order valence-corrected chi connectivity index (χ3v) is 8.14. The lowest BCUT2D eigenvalue weighted by Gasteiger charge is -2.50. The summed E-state index contributed by atoms with van der Waals surface area (Å²) in [7, 11) is -3.84. The van der Waals surface area contributed by atoms with Crippen LogP contribution in [0.4, 0.5) is 0 Å². The summed E-state index contributed by atoms with van der Waals surface area (Å²) in [6, 6.07) is -0.933. The van der Waals surface area contributed by atoms with E-state index in [1.807, 2.05) is 0 Å². The first-order valence-electron chi connectivity index (χ1n) is 9.46. The number of hydrogen-bond donors (Lipinski definition) is 4. The SMILES string of the molecule is NS(=O)(=O)CCC(Sc1nn[nH]n1)C1=C(C(=O)O)N2C(=O)C(NC(=O)Cn3cnnn3)[C@@H]2SC1. The van der Waals surface area contributed by atoms with Crippen LogP contribution in [-0.2, 0) is 31.0 Å². The topological polar surface area (TPSA) is 245 Å². The minimum Gasteiger partial charge on any atom is -0.477 e. The van der Waals surface area contributed by atoms with Crippen LogP contribution in [0, 0.1) is 0 Å². The summed E-state index contributed by atoms with van der Waals surface area (Å²) in [5, 5.41) is 40.2. The minimum absolute atomic E-state index is 0.0382. The standard InChI is InChI=1S/C14H17N11O6S3/c15-34(30,31)2-1-7(33-14-18-21-22-19-14)6-4-32-12-9(11(27)25(12)10(6)13(28)29)17-8(26)3-24-5-16-20-23-24/h5,7,9,12H,1-4H2,(H,17,26)(H,28,29)(H2,15,30,31)(H,18,19,21,22)/t7?,9?,12-/m0/s1. The Bertz CT molecular complexity index is 1220. The highest BCUT2D eigenvalue weighted by Crippen LogP contribution is 2.44. The number of fused-ring (bicyclic) bond motifs is 1. The number of nitrogens with two attached hydrogens (primary N) is 1. The highest BCUT2D eigenvalue weighted by atomic mass is 32.2. The fourth-order valence-corrected chi connectivity index (χ4v) is 6.67. The van der Waals surface area contributed by atoms with E-state index in [1.165, 1.54) is 22.8 Å². The predicted octanol–water partition coefficient (Wildman–Crippen LogP) is -3.24. The fourth-order valence-electron chi connectivity index (χ4n) is 3.41. The molecule has 0 spiro atoms. The molecule has 0 radical (unpaired) electrons. The van der Waals surface area contributed by atoms with Crippen LogP contribution in [0.2, 0.25) is 0 Å². The monoisotopic (exact) mass is 531 g/mol. The van der Waals surface area contributed by atoms with Gasteiger partial charge in [0.2, 0.25) is 21.1 Å². The van der Waals surface area contributed by atoms with E-state index in [0.717, 1.165) is 16.7 Å². The predicted molar refractivity (Wildman–Crippen MR) is 114 cm³/mol. The first-order valence-corrected chi connectivity index (χ1v) is 13.1. The largest absolute Gasteiger partial charge is 0.477 e. The van der Waals surface area contributed by atoms with Gasteiger partial charge in [-0.3, -0.25) is 14.5 Å². The second-order valence-corrected chi connectivity index (χ2v) is 11.1. The fraction of sp³-hybridized carbons (Fsp3) is 0.500. The number of sulfonamides is 1. The highest BCUT2D eigenvalue weighted by molar-refractivity contribution is 8.01. The lowest BCUT2D eigenvalue weighted by atomic mass is 10.0. The van der Waals surface area contributed by atoms with Crippen LogP contribution >= 0.6 is 23.5 Å². The van der Waals surface area contributed by atoms with Crippen molar-refractivity contribution in [2.45, 2.75) is 34.8 Å². The van der Waals surface area contributed by atoms with Crippen molar-refractivity contribution in [3.8, 4) is 0 Å². The van der Waals surface area contributed by atoms with Gasteiger partial charge in [-0.25, -0.2) is 23.0 Å². The van der Waals surface area contributed by atoms with E-state index < -0.39 is 50.2 Å². The average molecular weight is 532 g/mol. The van der Waals surface area contributed by atoms with E-state index in [4.69, 9.17) is 5.14 Å². The number of nitrogens with one attached hydrogen (secondary N) is 2. The number of H-pyrrole nitrogens is 1. The molecule has 34 heavy (non-hydrogen) atoms. The summed E-state index contributed by atoms with van der Waals surface area (Å²) in [6.07, 6.45) is 1.20.